The van der Waals surface area contributed by atoms with Crippen LogP contribution in [0.1, 0.15) is 22.3 Å². The number of rotatable bonds is 10. The van der Waals surface area contributed by atoms with Crippen molar-refractivity contribution in [1.29, 1.82) is 0 Å². The van der Waals surface area contributed by atoms with Crippen molar-refractivity contribution in [1.82, 2.24) is 0 Å². The largest absolute Gasteiger partial charge is 0.456 e. The minimum atomic E-state index is 0.875. The summed E-state index contributed by atoms with van der Waals surface area (Å²) in [4.78, 5) is 4.64. The molecule has 0 spiro atoms. The summed E-state index contributed by atoms with van der Waals surface area (Å²) >= 11 is 0. The van der Waals surface area contributed by atoms with E-state index in [9.17, 15) is 0 Å². The molecule has 0 saturated heterocycles. The molecule has 2 aromatic heterocycles. The maximum absolute atomic E-state index is 6.23. The highest BCUT2D eigenvalue weighted by Crippen LogP contribution is 2.43. The van der Waals surface area contributed by atoms with E-state index in [0.717, 1.165) is 111 Å². The molecule has 12 aromatic rings. The van der Waals surface area contributed by atoms with Gasteiger partial charge in [0.25, 0.3) is 0 Å². The van der Waals surface area contributed by atoms with Crippen LogP contribution >= 0.6 is 0 Å². The highest BCUT2D eigenvalue weighted by Gasteiger charge is 2.21. The highest BCUT2D eigenvalue weighted by atomic mass is 16.3. The molecule has 0 unspecified atom stereocenters. The number of hydrogen-bond donors (Lipinski definition) is 0. The van der Waals surface area contributed by atoms with Gasteiger partial charge in [-0.25, -0.2) is 0 Å². The number of anilines is 6. The van der Waals surface area contributed by atoms with E-state index >= 15 is 0 Å². The molecule has 12 rings (SSSR count). The predicted octanol–water partition coefficient (Wildman–Crippen LogP) is 17.4. The lowest BCUT2D eigenvalue weighted by atomic mass is 9.85. The van der Waals surface area contributed by atoms with Crippen LogP contribution in [0, 0.1) is 0 Å². The first kappa shape index (κ1) is 38.8. The third-order valence-electron chi connectivity index (χ3n) is 12.5. The van der Waals surface area contributed by atoms with Gasteiger partial charge in [-0.1, -0.05) is 158 Å². The van der Waals surface area contributed by atoms with Gasteiger partial charge in [0.2, 0.25) is 0 Å². The summed E-state index contributed by atoms with van der Waals surface area (Å²) in [7, 11) is 0. The third kappa shape index (κ3) is 7.08. The zero-order valence-electron chi connectivity index (χ0n) is 36.0. The van der Waals surface area contributed by atoms with Crippen LogP contribution in [0.4, 0.5) is 34.1 Å². The van der Waals surface area contributed by atoms with Crippen LogP contribution in [0.25, 0.3) is 55.0 Å². The standard InChI is InChI=1S/C62H42N2O2/c1-5-17-43(18-6-1)61(45-29-33-49(34-30-45)63(47-21-9-3-10-22-47)51-37-39-59-55(41-51)53-25-13-15-27-57(53)65-59)62(44-19-7-2-8-20-44)46-31-35-50(36-32-46)64(48-23-11-4-12-24-48)52-38-40-60-56(42-52)54-26-14-16-28-58(54)66-60/h1-42H. The molecular weight excluding hydrogens is 805 g/mol. The van der Waals surface area contributed by atoms with Crippen molar-refractivity contribution in [2.75, 3.05) is 9.80 Å². The normalized spacial score (nSPS) is 11.9. The fourth-order valence-corrected chi connectivity index (χ4v) is 9.43. The van der Waals surface area contributed by atoms with Crippen LogP contribution in [0.5, 0.6) is 0 Å². The molecule has 0 N–H and O–H groups in total. The minimum Gasteiger partial charge on any atom is -0.456 e. The monoisotopic (exact) mass is 846 g/mol. The SMILES string of the molecule is c1ccc(C(=C(c2ccccc2)c2ccc(N(c3ccccc3)c3ccc4oc5ccccc5c4c3)cc2)c2ccc(N(c3ccccc3)c3ccc4oc5ccccc5c4c3)cc2)cc1. The number of fused-ring (bicyclic) bond motifs is 6. The number of benzene rings is 10. The Balaban J connectivity index is 0.993. The summed E-state index contributed by atoms with van der Waals surface area (Å²) < 4.78 is 12.5. The van der Waals surface area contributed by atoms with Gasteiger partial charge in [0.15, 0.2) is 0 Å². The average molecular weight is 847 g/mol. The maximum atomic E-state index is 6.23. The van der Waals surface area contributed by atoms with Gasteiger partial charge in [0.05, 0.1) is 0 Å². The molecule has 0 aliphatic heterocycles. The molecule has 0 fully saturated rings. The number of hydrogen-bond acceptors (Lipinski definition) is 4. The Morgan fingerprint density at radius 3 is 0.909 bits per heavy atom. The summed E-state index contributed by atoms with van der Waals surface area (Å²) in [6.07, 6.45) is 0. The first-order chi connectivity index (χ1) is 32.7. The Hall–Kier alpha value is -8.86. The van der Waals surface area contributed by atoms with Gasteiger partial charge in [-0.15, -0.1) is 0 Å². The molecular formula is C62H42N2O2. The van der Waals surface area contributed by atoms with Gasteiger partial charge in [-0.05, 0) is 130 Å². The van der Waals surface area contributed by atoms with Crippen LogP contribution in [0.3, 0.4) is 0 Å². The lowest BCUT2D eigenvalue weighted by Crippen LogP contribution is -2.10. The molecule has 4 heteroatoms. The minimum absolute atomic E-state index is 0.875. The van der Waals surface area contributed by atoms with E-state index in [4.69, 9.17) is 8.83 Å². The van der Waals surface area contributed by atoms with E-state index in [-0.39, 0.29) is 0 Å². The second-order valence-electron chi connectivity index (χ2n) is 16.5. The van der Waals surface area contributed by atoms with Gasteiger partial charge in [0.1, 0.15) is 22.3 Å². The van der Waals surface area contributed by atoms with Crippen LogP contribution in [0.2, 0.25) is 0 Å². The fourth-order valence-electron chi connectivity index (χ4n) is 9.43. The Morgan fingerprint density at radius 1 is 0.227 bits per heavy atom. The van der Waals surface area contributed by atoms with Crippen molar-refractivity contribution in [3.8, 4) is 0 Å². The summed E-state index contributed by atoms with van der Waals surface area (Å²) in [5, 5.41) is 4.39. The van der Waals surface area contributed by atoms with Crippen molar-refractivity contribution in [2.45, 2.75) is 0 Å². The predicted molar refractivity (Wildman–Crippen MR) is 275 cm³/mol. The van der Waals surface area contributed by atoms with Crippen molar-refractivity contribution >= 4 is 89.1 Å². The van der Waals surface area contributed by atoms with Crippen molar-refractivity contribution < 1.29 is 8.83 Å². The summed E-state index contributed by atoms with van der Waals surface area (Å²) in [6, 6.07) is 90.2. The fraction of sp³-hybridized carbons (Fsp3) is 0. The molecule has 4 nitrogen and oxygen atoms in total. The first-order valence-electron chi connectivity index (χ1n) is 22.3. The molecule has 0 atom stereocenters. The van der Waals surface area contributed by atoms with Crippen LogP contribution < -0.4 is 9.80 Å². The second kappa shape index (κ2) is 16.7. The van der Waals surface area contributed by atoms with Gasteiger partial charge in [-0.2, -0.15) is 0 Å². The quantitative estimate of drug-likeness (QED) is 0.128. The van der Waals surface area contributed by atoms with E-state index < -0.39 is 0 Å². The topological polar surface area (TPSA) is 32.8 Å². The van der Waals surface area contributed by atoms with Gasteiger partial charge >= 0.3 is 0 Å². The summed E-state index contributed by atoms with van der Waals surface area (Å²) in [5.41, 5.74) is 16.7. The summed E-state index contributed by atoms with van der Waals surface area (Å²) in [6.45, 7) is 0. The molecule has 0 radical (unpaired) electrons. The van der Waals surface area contributed by atoms with E-state index in [2.05, 4.69) is 240 Å². The number of para-hydroxylation sites is 4. The van der Waals surface area contributed by atoms with Gasteiger partial charge in [-0.3, -0.25) is 0 Å². The zero-order valence-corrected chi connectivity index (χ0v) is 36.0. The van der Waals surface area contributed by atoms with Gasteiger partial charge in [0, 0.05) is 55.7 Å². The lowest BCUT2D eigenvalue weighted by molar-refractivity contribution is 0.668. The molecule has 0 aliphatic carbocycles. The number of furan rings is 2. The molecule has 0 bridgehead atoms. The average Bonchev–Trinajstić information content (AvgIpc) is 3.95. The molecule has 10 aromatic carbocycles. The third-order valence-corrected chi connectivity index (χ3v) is 12.5. The highest BCUT2D eigenvalue weighted by molar-refractivity contribution is 6.08. The smallest absolute Gasteiger partial charge is 0.135 e. The second-order valence-corrected chi connectivity index (χ2v) is 16.5. The maximum Gasteiger partial charge on any atom is 0.135 e. The molecule has 0 saturated carbocycles. The zero-order chi connectivity index (χ0) is 43.8. The van der Waals surface area contributed by atoms with Crippen LogP contribution in [-0.4, -0.2) is 0 Å². The van der Waals surface area contributed by atoms with Crippen LogP contribution in [0.15, 0.2) is 264 Å². The molecule has 312 valence electrons. The Labute approximate surface area is 383 Å². The van der Waals surface area contributed by atoms with E-state index in [0.29, 0.717) is 0 Å². The molecule has 66 heavy (non-hydrogen) atoms. The molecule has 0 amide bonds. The van der Waals surface area contributed by atoms with E-state index in [1.54, 1.807) is 0 Å². The Bertz CT molecular complexity index is 3420. The van der Waals surface area contributed by atoms with Crippen molar-refractivity contribution in [3.05, 3.63) is 277 Å². The summed E-state index contributed by atoms with van der Waals surface area (Å²) in [5.74, 6) is 0. The van der Waals surface area contributed by atoms with Gasteiger partial charge < -0.3 is 18.6 Å². The molecule has 0 aliphatic rings. The van der Waals surface area contributed by atoms with Crippen molar-refractivity contribution in [2.24, 2.45) is 0 Å². The Kier molecular flexibility index (Phi) is 9.81. The lowest BCUT2D eigenvalue weighted by Gasteiger charge is -2.26. The number of nitrogens with zero attached hydrogens (tertiary/aromatic N) is 2. The van der Waals surface area contributed by atoms with E-state index in [1.807, 2.05) is 24.3 Å². The van der Waals surface area contributed by atoms with Crippen LogP contribution in [-0.2, 0) is 0 Å². The Morgan fingerprint density at radius 2 is 0.515 bits per heavy atom. The van der Waals surface area contributed by atoms with E-state index in [1.165, 1.54) is 0 Å². The van der Waals surface area contributed by atoms with Crippen molar-refractivity contribution in [3.63, 3.8) is 0 Å². The molecule has 2 heterocycles. The first-order valence-corrected chi connectivity index (χ1v) is 22.3.